The number of esters is 1. The quantitative estimate of drug-likeness (QED) is 0.0197. The standard InChI is InChI=1S/C53H88O12S/c1-3-5-7-9-11-13-15-17-19-21-23-25-27-29-31-33-35-37-39-41-43-61-45-47(46-62-53-51(57)52(65-66(58,59)60)50(56)48(44-54)64-53)63-49(55)42-40-38-36-34-32-30-28-26-24-22-20-18-16-14-12-10-8-6-4-2/h6,8,11-14,17-20,24,26,30,32,36,38,47-48,50-54,56-57H,3-5,7,9-10,15-16,21-23,25,27-29,31,33-35,37,39-46H2,1-2H3,(H,58,59,60)/b8-6-,13-11-,14-12-,19-17-,20-18-,26-24-,32-30-,38-36-. The smallest absolute Gasteiger partial charge is 0.397 e. The van der Waals surface area contributed by atoms with Gasteiger partial charge in [-0.1, -0.05) is 175 Å². The Morgan fingerprint density at radius 2 is 1.05 bits per heavy atom. The summed E-state index contributed by atoms with van der Waals surface area (Å²) >= 11 is 0. The fraction of sp³-hybridized carbons (Fsp3) is 0.679. The van der Waals surface area contributed by atoms with Crippen LogP contribution in [-0.2, 0) is 38.3 Å². The molecule has 0 spiro atoms. The van der Waals surface area contributed by atoms with Crippen LogP contribution in [0.2, 0.25) is 0 Å². The zero-order valence-corrected chi connectivity index (χ0v) is 41.3. The summed E-state index contributed by atoms with van der Waals surface area (Å²) in [6.07, 6.45) is 50.2. The summed E-state index contributed by atoms with van der Waals surface area (Å²) < 4.78 is 59.1. The molecule has 12 nitrogen and oxygen atoms in total. The van der Waals surface area contributed by atoms with Crippen LogP contribution in [0.4, 0.5) is 0 Å². The van der Waals surface area contributed by atoms with Crippen molar-refractivity contribution in [2.45, 2.75) is 205 Å². The molecule has 0 aliphatic carbocycles. The number of hydrogen-bond donors (Lipinski definition) is 4. The summed E-state index contributed by atoms with van der Waals surface area (Å²) in [6.45, 7) is 3.74. The van der Waals surface area contributed by atoms with E-state index in [4.69, 9.17) is 18.9 Å². The molecule has 0 bridgehead atoms. The Morgan fingerprint density at radius 1 is 0.591 bits per heavy atom. The van der Waals surface area contributed by atoms with E-state index in [-0.39, 0.29) is 19.6 Å². The molecule has 4 N–H and O–H groups in total. The highest BCUT2D eigenvalue weighted by Crippen LogP contribution is 2.26. The number of ether oxygens (including phenoxy) is 4. The highest BCUT2D eigenvalue weighted by atomic mass is 32.3. The maximum absolute atomic E-state index is 12.9. The number of allylic oxidation sites excluding steroid dienone is 16. The highest BCUT2D eigenvalue weighted by molar-refractivity contribution is 7.80. The van der Waals surface area contributed by atoms with E-state index in [9.17, 15) is 33.1 Å². The van der Waals surface area contributed by atoms with Crippen LogP contribution in [0.3, 0.4) is 0 Å². The summed E-state index contributed by atoms with van der Waals surface area (Å²) in [5.41, 5.74) is 0. The van der Waals surface area contributed by atoms with Gasteiger partial charge in [-0.15, -0.1) is 0 Å². The largest absolute Gasteiger partial charge is 0.457 e. The Kier molecular flexibility index (Phi) is 40.1. The van der Waals surface area contributed by atoms with Crippen molar-refractivity contribution in [3.05, 3.63) is 97.2 Å². The van der Waals surface area contributed by atoms with Gasteiger partial charge in [0.1, 0.15) is 30.5 Å². The summed E-state index contributed by atoms with van der Waals surface area (Å²) in [5.74, 6) is -0.485. The molecular weight excluding hydrogens is 861 g/mol. The molecule has 6 unspecified atom stereocenters. The number of rotatable bonds is 42. The Bertz CT molecular complexity index is 1520. The molecule has 1 fully saturated rings. The normalized spacial score (nSPS) is 20.4. The lowest BCUT2D eigenvalue weighted by molar-refractivity contribution is -0.301. The summed E-state index contributed by atoms with van der Waals surface area (Å²) in [6, 6.07) is 0. The minimum Gasteiger partial charge on any atom is -0.457 e. The van der Waals surface area contributed by atoms with Crippen LogP contribution in [0.15, 0.2) is 97.2 Å². The molecule has 1 aliphatic rings. The molecule has 1 aliphatic heterocycles. The highest BCUT2D eigenvalue weighted by Gasteiger charge is 2.48. The first-order valence-electron chi connectivity index (χ1n) is 25.0. The Hall–Kier alpha value is -2.98. The fourth-order valence-corrected chi connectivity index (χ4v) is 7.47. The van der Waals surface area contributed by atoms with Crippen molar-refractivity contribution < 1.29 is 56.2 Å². The van der Waals surface area contributed by atoms with Gasteiger partial charge in [-0.25, -0.2) is 4.18 Å². The van der Waals surface area contributed by atoms with Crippen molar-refractivity contribution in [2.24, 2.45) is 0 Å². The number of unbranched alkanes of at least 4 members (excludes halogenated alkanes) is 13. The molecule has 1 heterocycles. The molecule has 0 radical (unpaired) electrons. The maximum Gasteiger partial charge on any atom is 0.397 e. The molecule has 0 aromatic carbocycles. The Balaban J connectivity index is 2.44. The second-order valence-corrected chi connectivity index (χ2v) is 17.7. The second kappa shape index (κ2) is 43.3. The van der Waals surface area contributed by atoms with Gasteiger partial charge in [-0.05, 0) is 83.5 Å². The lowest BCUT2D eigenvalue weighted by Gasteiger charge is -2.41. The van der Waals surface area contributed by atoms with Crippen LogP contribution in [0.1, 0.15) is 168 Å². The van der Waals surface area contributed by atoms with Crippen LogP contribution in [-0.4, -0.2) is 97.5 Å². The van der Waals surface area contributed by atoms with Gasteiger partial charge in [-0.3, -0.25) is 9.35 Å². The molecule has 0 saturated carbocycles. The third-order valence-corrected chi connectivity index (χ3v) is 11.2. The first-order chi connectivity index (χ1) is 32.1. The van der Waals surface area contributed by atoms with Gasteiger partial charge in [0.25, 0.3) is 0 Å². The molecule has 66 heavy (non-hydrogen) atoms. The lowest BCUT2D eigenvalue weighted by atomic mass is 9.99. The minimum absolute atomic E-state index is 0.00255. The average Bonchev–Trinajstić information content (AvgIpc) is 3.29. The monoisotopic (exact) mass is 949 g/mol. The van der Waals surface area contributed by atoms with Gasteiger partial charge in [0.05, 0.1) is 19.8 Å². The van der Waals surface area contributed by atoms with E-state index >= 15 is 0 Å². The SMILES string of the molecule is CC/C=C\C/C=C\C/C=C\C/C=C\C/C=C\C/C=C\CCC(=O)OC(COCCCCCCCCCCCC/C=C\C/C=C\CCCCC)COC1OC(CO)C(O)C(OS(=O)(=O)O)C1O. The van der Waals surface area contributed by atoms with E-state index in [0.717, 1.165) is 70.6 Å². The maximum atomic E-state index is 12.9. The number of carbonyl (C=O) groups is 1. The van der Waals surface area contributed by atoms with E-state index in [0.29, 0.717) is 13.0 Å². The fourth-order valence-electron chi connectivity index (χ4n) is 6.96. The van der Waals surface area contributed by atoms with Gasteiger partial charge < -0.3 is 34.3 Å². The molecule has 1 saturated heterocycles. The first-order valence-corrected chi connectivity index (χ1v) is 26.4. The van der Waals surface area contributed by atoms with Crippen molar-refractivity contribution in [2.75, 3.05) is 26.4 Å². The van der Waals surface area contributed by atoms with E-state index in [1.807, 2.05) is 12.2 Å². The molecule has 0 aromatic heterocycles. The van der Waals surface area contributed by atoms with Gasteiger partial charge in [-0.2, -0.15) is 8.42 Å². The third kappa shape index (κ3) is 36.1. The third-order valence-electron chi connectivity index (χ3n) is 10.7. The second-order valence-electron chi connectivity index (χ2n) is 16.7. The van der Waals surface area contributed by atoms with Crippen molar-refractivity contribution in [1.82, 2.24) is 0 Å². The molecular formula is C53H88O12S. The molecule has 13 heteroatoms. The molecule has 6 atom stereocenters. The molecule has 378 valence electrons. The van der Waals surface area contributed by atoms with Crippen molar-refractivity contribution >= 4 is 16.4 Å². The van der Waals surface area contributed by atoms with Gasteiger partial charge in [0, 0.05) is 13.0 Å². The van der Waals surface area contributed by atoms with Crippen molar-refractivity contribution in [3.63, 3.8) is 0 Å². The van der Waals surface area contributed by atoms with Crippen LogP contribution in [0.25, 0.3) is 0 Å². The summed E-state index contributed by atoms with van der Waals surface area (Å²) in [7, 11) is -5.08. The van der Waals surface area contributed by atoms with Crippen LogP contribution in [0, 0.1) is 0 Å². The number of aliphatic hydroxyl groups excluding tert-OH is 3. The molecule has 0 aromatic rings. The van der Waals surface area contributed by atoms with Crippen molar-refractivity contribution in [3.8, 4) is 0 Å². The average molecular weight is 949 g/mol. The van der Waals surface area contributed by atoms with Crippen LogP contribution < -0.4 is 0 Å². The van der Waals surface area contributed by atoms with Gasteiger partial charge >= 0.3 is 16.4 Å². The molecule has 1 rings (SSSR count). The Morgan fingerprint density at radius 3 is 1.53 bits per heavy atom. The summed E-state index contributed by atoms with van der Waals surface area (Å²) in [4.78, 5) is 12.9. The van der Waals surface area contributed by atoms with Gasteiger partial charge in [0.2, 0.25) is 0 Å². The predicted molar refractivity (Wildman–Crippen MR) is 266 cm³/mol. The Labute approximate surface area is 399 Å². The van der Waals surface area contributed by atoms with Crippen molar-refractivity contribution in [1.29, 1.82) is 0 Å². The van der Waals surface area contributed by atoms with E-state index < -0.39 is 59.8 Å². The van der Waals surface area contributed by atoms with E-state index in [1.54, 1.807) is 0 Å². The number of aliphatic hydroxyl groups is 3. The van der Waals surface area contributed by atoms with Gasteiger partial charge in [0.15, 0.2) is 6.29 Å². The molecule has 0 amide bonds. The van der Waals surface area contributed by atoms with E-state index in [1.165, 1.54) is 70.6 Å². The minimum atomic E-state index is -5.08. The van der Waals surface area contributed by atoms with Crippen LogP contribution in [0.5, 0.6) is 0 Å². The summed E-state index contributed by atoms with van der Waals surface area (Å²) in [5, 5.41) is 30.7. The lowest BCUT2D eigenvalue weighted by Crippen LogP contribution is -2.60. The van der Waals surface area contributed by atoms with E-state index in [2.05, 4.69) is 103 Å². The topological polar surface area (TPSA) is 178 Å². The zero-order chi connectivity index (χ0) is 48.2. The van der Waals surface area contributed by atoms with Crippen LogP contribution >= 0.6 is 0 Å². The zero-order valence-electron chi connectivity index (χ0n) is 40.5. The predicted octanol–water partition coefficient (Wildman–Crippen LogP) is 11.4. The number of hydrogen-bond acceptors (Lipinski definition) is 11. The first kappa shape index (κ1) is 61.0. The number of carbonyl (C=O) groups excluding carboxylic acids is 1.